The van der Waals surface area contributed by atoms with Crippen LogP contribution in [-0.4, -0.2) is 25.7 Å². The summed E-state index contributed by atoms with van der Waals surface area (Å²) in [5.41, 5.74) is 4.96. The van der Waals surface area contributed by atoms with Gasteiger partial charge in [-0.2, -0.15) is 10.4 Å². The maximum Gasteiger partial charge on any atom is 0.255 e. The van der Waals surface area contributed by atoms with Gasteiger partial charge in [-0.3, -0.25) is 4.79 Å². The molecule has 31 heavy (non-hydrogen) atoms. The average molecular weight is 411 g/mol. The molecule has 0 unspecified atom stereocenters. The molecule has 8 nitrogen and oxygen atoms in total. The van der Waals surface area contributed by atoms with Gasteiger partial charge in [0.1, 0.15) is 11.3 Å². The van der Waals surface area contributed by atoms with E-state index in [1.165, 1.54) is 0 Å². The second-order valence-electron chi connectivity index (χ2n) is 7.32. The molecule has 2 heterocycles. The highest BCUT2D eigenvalue weighted by atomic mass is 16.1. The number of nitrogens with one attached hydrogen (secondary N) is 2. The summed E-state index contributed by atoms with van der Waals surface area (Å²) in [6, 6.07) is 14.7. The summed E-state index contributed by atoms with van der Waals surface area (Å²) in [5.74, 6) is 0.420. The summed E-state index contributed by atoms with van der Waals surface area (Å²) >= 11 is 0. The van der Waals surface area contributed by atoms with E-state index in [4.69, 9.17) is 5.26 Å². The van der Waals surface area contributed by atoms with Crippen molar-refractivity contribution in [3.05, 3.63) is 77.1 Å². The molecule has 4 aromatic rings. The lowest BCUT2D eigenvalue weighted by Gasteiger charge is -2.16. The lowest BCUT2D eigenvalue weighted by Crippen LogP contribution is -2.13. The molecular formula is C23H21N7O. The normalized spacial score (nSPS) is 11.7. The molecule has 0 aliphatic carbocycles. The van der Waals surface area contributed by atoms with Crippen molar-refractivity contribution >= 4 is 28.6 Å². The van der Waals surface area contributed by atoms with E-state index in [0.29, 0.717) is 28.3 Å². The van der Waals surface area contributed by atoms with Crippen molar-refractivity contribution < 1.29 is 4.79 Å². The van der Waals surface area contributed by atoms with E-state index < -0.39 is 0 Å². The largest absolute Gasteiger partial charge is 0.362 e. The van der Waals surface area contributed by atoms with Crippen molar-refractivity contribution in [3.8, 4) is 6.07 Å². The lowest BCUT2D eigenvalue weighted by atomic mass is 10.0. The first-order valence-electron chi connectivity index (χ1n) is 9.78. The molecule has 0 spiro atoms. The first kappa shape index (κ1) is 20.0. The van der Waals surface area contributed by atoms with Crippen LogP contribution < -0.4 is 10.6 Å². The number of carbonyl (C=O) groups is 1. The van der Waals surface area contributed by atoms with Gasteiger partial charge in [0, 0.05) is 18.3 Å². The van der Waals surface area contributed by atoms with Crippen LogP contribution in [0.2, 0.25) is 0 Å². The van der Waals surface area contributed by atoms with E-state index in [0.717, 1.165) is 16.6 Å². The van der Waals surface area contributed by atoms with Gasteiger partial charge in [0.15, 0.2) is 5.65 Å². The second kappa shape index (κ2) is 8.24. The first-order chi connectivity index (χ1) is 14.9. The molecule has 2 aromatic carbocycles. The molecular weight excluding hydrogens is 390 g/mol. The molecule has 1 amide bonds. The van der Waals surface area contributed by atoms with Crippen molar-refractivity contribution in [2.75, 3.05) is 10.6 Å². The minimum absolute atomic E-state index is 0.0611. The highest BCUT2D eigenvalue weighted by Crippen LogP contribution is 2.22. The number of nitriles is 1. The van der Waals surface area contributed by atoms with E-state index in [2.05, 4.69) is 31.8 Å². The van der Waals surface area contributed by atoms with E-state index in [1.807, 2.05) is 45.2 Å². The Balaban J connectivity index is 1.49. The fourth-order valence-electron chi connectivity index (χ4n) is 3.31. The quantitative estimate of drug-likeness (QED) is 0.514. The summed E-state index contributed by atoms with van der Waals surface area (Å²) in [6.07, 6.45) is 3.36. The van der Waals surface area contributed by atoms with E-state index >= 15 is 0 Å². The van der Waals surface area contributed by atoms with Crippen molar-refractivity contribution in [1.82, 2.24) is 19.7 Å². The van der Waals surface area contributed by atoms with Crippen LogP contribution in [0.5, 0.6) is 0 Å². The standard InChI is InChI=1S/C23H21N7O/c1-14-9-17(7-8-18(14)11-24)23(31)28-19-6-4-5-16(10-19)15(2)27-21-13-25-20-12-26-30(3)22(20)29-21/h4-10,12-13,15H,1-3H3,(H,27,29)(H,28,31)/t15-/m0/s1. The maximum absolute atomic E-state index is 12.6. The van der Waals surface area contributed by atoms with Crippen molar-refractivity contribution in [3.63, 3.8) is 0 Å². The Morgan fingerprint density at radius 3 is 2.81 bits per heavy atom. The Bertz CT molecular complexity index is 1320. The Hall–Kier alpha value is -4.25. The van der Waals surface area contributed by atoms with Crippen LogP contribution >= 0.6 is 0 Å². The second-order valence-corrected chi connectivity index (χ2v) is 7.32. The fraction of sp³-hybridized carbons (Fsp3) is 0.174. The number of hydrogen-bond acceptors (Lipinski definition) is 6. The number of amides is 1. The van der Waals surface area contributed by atoms with Crippen LogP contribution in [0.3, 0.4) is 0 Å². The molecule has 0 saturated carbocycles. The Kier molecular flexibility index (Phi) is 5.33. The fourth-order valence-corrected chi connectivity index (χ4v) is 3.31. The molecule has 2 aromatic heterocycles. The zero-order valence-corrected chi connectivity index (χ0v) is 17.4. The van der Waals surface area contributed by atoms with Gasteiger partial charge in [0.25, 0.3) is 5.91 Å². The Morgan fingerprint density at radius 2 is 2.03 bits per heavy atom. The highest BCUT2D eigenvalue weighted by Gasteiger charge is 2.12. The number of rotatable bonds is 5. The van der Waals surface area contributed by atoms with E-state index in [-0.39, 0.29) is 11.9 Å². The molecule has 2 N–H and O–H groups in total. The van der Waals surface area contributed by atoms with Gasteiger partial charge in [-0.05, 0) is 55.3 Å². The van der Waals surface area contributed by atoms with Crippen molar-refractivity contribution in [2.45, 2.75) is 19.9 Å². The first-order valence-corrected chi connectivity index (χ1v) is 9.78. The number of nitrogens with zero attached hydrogens (tertiary/aromatic N) is 5. The Labute approximate surface area is 179 Å². The van der Waals surface area contributed by atoms with E-state index in [9.17, 15) is 4.79 Å². The summed E-state index contributed by atoms with van der Waals surface area (Å²) < 4.78 is 1.68. The third-order valence-electron chi connectivity index (χ3n) is 5.06. The summed E-state index contributed by atoms with van der Waals surface area (Å²) in [4.78, 5) is 21.6. The predicted octanol–water partition coefficient (Wildman–Crippen LogP) is 3.97. The van der Waals surface area contributed by atoms with Crippen LogP contribution in [0.1, 0.15) is 40.0 Å². The summed E-state index contributed by atoms with van der Waals surface area (Å²) in [7, 11) is 1.83. The number of benzene rings is 2. The molecule has 0 fully saturated rings. The average Bonchev–Trinajstić information content (AvgIpc) is 3.14. The van der Waals surface area contributed by atoms with Gasteiger partial charge in [-0.1, -0.05) is 12.1 Å². The van der Waals surface area contributed by atoms with Crippen LogP contribution in [0.15, 0.2) is 54.9 Å². The maximum atomic E-state index is 12.6. The molecule has 0 aliphatic heterocycles. The van der Waals surface area contributed by atoms with Crippen molar-refractivity contribution in [2.24, 2.45) is 7.05 Å². The van der Waals surface area contributed by atoms with Crippen LogP contribution in [0, 0.1) is 18.3 Å². The van der Waals surface area contributed by atoms with Crippen LogP contribution in [0.25, 0.3) is 11.2 Å². The minimum Gasteiger partial charge on any atom is -0.362 e. The molecule has 154 valence electrons. The zero-order valence-electron chi connectivity index (χ0n) is 17.4. The van der Waals surface area contributed by atoms with Crippen LogP contribution in [-0.2, 0) is 7.05 Å². The molecule has 0 aliphatic rings. The van der Waals surface area contributed by atoms with Gasteiger partial charge >= 0.3 is 0 Å². The third-order valence-corrected chi connectivity index (χ3v) is 5.06. The minimum atomic E-state index is -0.224. The smallest absolute Gasteiger partial charge is 0.255 e. The van der Waals surface area contributed by atoms with Crippen molar-refractivity contribution in [1.29, 1.82) is 5.26 Å². The number of anilines is 2. The number of aryl methyl sites for hydroxylation is 2. The van der Waals surface area contributed by atoms with Crippen LogP contribution in [0.4, 0.5) is 11.5 Å². The van der Waals surface area contributed by atoms with Gasteiger partial charge in [-0.25, -0.2) is 14.6 Å². The predicted molar refractivity (Wildman–Crippen MR) is 119 cm³/mol. The Morgan fingerprint density at radius 1 is 1.19 bits per heavy atom. The van der Waals surface area contributed by atoms with Gasteiger partial charge in [0.2, 0.25) is 0 Å². The van der Waals surface area contributed by atoms with Gasteiger partial charge in [-0.15, -0.1) is 0 Å². The van der Waals surface area contributed by atoms with Gasteiger partial charge < -0.3 is 10.6 Å². The SMILES string of the molecule is Cc1cc(C(=O)Nc2cccc([C@H](C)Nc3cnc4cnn(C)c4n3)c2)ccc1C#N. The third kappa shape index (κ3) is 4.21. The molecule has 0 radical (unpaired) electrons. The zero-order chi connectivity index (χ0) is 22.0. The number of hydrogen-bond donors (Lipinski definition) is 2. The summed E-state index contributed by atoms with van der Waals surface area (Å²) in [6.45, 7) is 3.83. The molecule has 8 heteroatoms. The molecule has 0 saturated heterocycles. The molecule has 0 bridgehead atoms. The highest BCUT2D eigenvalue weighted by molar-refractivity contribution is 6.04. The molecule has 4 rings (SSSR count). The van der Waals surface area contributed by atoms with Gasteiger partial charge in [0.05, 0.1) is 30.1 Å². The number of carbonyl (C=O) groups excluding carboxylic acids is 1. The monoisotopic (exact) mass is 411 g/mol. The number of fused-ring (bicyclic) bond motifs is 1. The molecule has 1 atom stereocenters. The summed E-state index contributed by atoms with van der Waals surface area (Å²) in [5, 5.41) is 19.5. The number of aromatic nitrogens is 4. The topological polar surface area (TPSA) is 109 Å². The lowest BCUT2D eigenvalue weighted by molar-refractivity contribution is 0.102. The van der Waals surface area contributed by atoms with E-state index in [1.54, 1.807) is 35.3 Å².